The molecular weight excluding hydrogens is 428 g/mol. The topological polar surface area (TPSA) is 91.1 Å². The van der Waals surface area contributed by atoms with Gasteiger partial charge in [-0.05, 0) is 32.0 Å². The summed E-state index contributed by atoms with van der Waals surface area (Å²) in [5.74, 6) is 1.09. The van der Waals surface area contributed by atoms with E-state index in [1.54, 1.807) is 0 Å². The molecule has 0 spiro atoms. The van der Waals surface area contributed by atoms with E-state index in [-0.39, 0.29) is 0 Å². The minimum Gasteiger partial charge on any atom is -0.387 e. The second kappa shape index (κ2) is 13.0. The fourth-order valence-corrected chi connectivity index (χ4v) is 4.27. The molecule has 1 aliphatic rings. The van der Waals surface area contributed by atoms with E-state index in [0.717, 1.165) is 89.8 Å². The van der Waals surface area contributed by atoms with Crippen LogP contribution in [0.1, 0.15) is 12.8 Å². The van der Waals surface area contributed by atoms with E-state index in [0.29, 0.717) is 0 Å². The monoisotopic (exact) mass is 466 g/mol. The van der Waals surface area contributed by atoms with Crippen LogP contribution in [0.5, 0.6) is 0 Å². The number of aromatic nitrogens is 5. The lowest BCUT2D eigenvalue weighted by Gasteiger charge is -2.38. The van der Waals surface area contributed by atoms with Crippen LogP contribution in [0.4, 0.5) is 17.2 Å². The van der Waals surface area contributed by atoms with Crippen molar-refractivity contribution in [1.29, 1.82) is 0 Å². The number of nitrogens with one attached hydrogen (secondary N) is 3. The summed E-state index contributed by atoms with van der Waals surface area (Å²) in [5.41, 5.74) is 2.27. The van der Waals surface area contributed by atoms with Gasteiger partial charge in [0.05, 0.1) is 30.2 Å². The number of hydrogen-bond acceptors (Lipinski definition) is 8. The summed E-state index contributed by atoms with van der Waals surface area (Å²) in [6.07, 6.45) is 15.6. The standard InChI is InChI=1S/C24H38N10/c1-25-22-18-23-24(30-19-22)34(15-9-27-5-3-11-32-13-7-29-21-32)17-16-33(23)14-8-26-4-2-10-31-12-6-28-20-31/h6-7,12-13,18-21,25-27H,2-5,8-11,14-17H2,1H3. The Hall–Kier alpha value is -3.11. The summed E-state index contributed by atoms with van der Waals surface area (Å²) in [6.45, 7) is 9.88. The van der Waals surface area contributed by atoms with E-state index in [1.165, 1.54) is 5.69 Å². The number of fused-ring (bicyclic) bond motifs is 1. The highest BCUT2D eigenvalue weighted by atomic mass is 15.3. The lowest BCUT2D eigenvalue weighted by atomic mass is 10.2. The number of rotatable bonds is 15. The van der Waals surface area contributed by atoms with E-state index in [1.807, 2.05) is 50.7 Å². The predicted octanol–water partition coefficient (Wildman–Crippen LogP) is 1.50. The van der Waals surface area contributed by atoms with E-state index in [9.17, 15) is 0 Å². The molecule has 0 fully saturated rings. The van der Waals surface area contributed by atoms with Gasteiger partial charge < -0.3 is 34.9 Å². The van der Waals surface area contributed by atoms with Crippen molar-refractivity contribution in [2.24, 2.45) is 0 Å². The molecular formula is C24H38N10. The Bertz CT molecular complexity index is 941. The van der Waals surface area contributed by atoms with Gasteiger partial charge in [0.15, 0.2) is 5.82 Å². The zero-order valence-corrected chi connectivity index (χ0v) is 20.2. The summed E-state index contributed by atoms with van der Waals surface area (Å²) in [7, 11) is 1.95. The smallest absolute Gasteiger partial charge is 0.152 e. The Balaban J connectivity index is 1.20. The van der Waals surface area contributed by atoms with Crippen molar-refractivity contribution >= 4 is 17.2 Å². The van der Waals surface area contributed by atoms with Crippen LogP contribution < -0.4 is 25.8 Å². The summed E-state index contributed by atoms with van der Waals surface area (Å²) < 4.78 is 4.24. The van der Waals surface area contributed by atoms with Gasteiger partial charge in [0.1, 0.15) is 0 Å². The van der Waals surface area contributed by atoms with Gasteiger partial charge in [-0.1, -0.05) is 0 Å². The fraction of sp³-hybridized carbons (Fsp3) is 0.542. The summed E-state index contributed by atoms with van der Waals surface area (Å²) in [4.78, 5) is 17.9. The molecule has 184 valence electrons. The molecule has 0 radical (unpaired) electrons. The summed E-state index contributed by atoms with van der Waals surface area (Å²) >= 11 is 0. The SMILES string of the molecule is CNc1cnc2c(c1)N(CCNCCCn1ccnc1)CCN2CCNCCCn1ccnc1. The van der Waals surface area contributed by atoms with Crippen molar-refractivity contribution in [3.8, 4) is 0 Å². The van der Waals surface area contributed by atoms with Crippen LogP contribution in [0.25, 0.3) is 0 Å². The minimum absolute atomic E-state index is 0.956. The number of aryl methyl sites for hydroxylation is 2. The first-order valence-corrected chi connectivity index (χ1v) is 12.3. The average Bonchev–Trinajstić information content (AvgIpc) is 3.58. The van der Waals surface area contributed by atoms with Crippen LogP contribution in [0, 0.1) is 0 Å². The third-order valence-electron chi connectivity index (χ3n) is 6.19. The Morgan fingerprint density at radius 1 is 0.794 bits per heavy atom. The number of hydrogen-bond donors (Lipinski definition) is 3. The summed E-state index contributed by atoms with van der Waals surface area (Å²) in [6, 6.07) is 2.23. The van der Waals surface area contributed by atoms with Gasteiger partial charge in [0, 0.05) is 84.2 Å². The molecule has 10 heteroatoms. The van der Waals surface area contributed by atoms with Gasteiger partial charge >= 0.3 is 0 Å². The maximum atomic E-state index is 4.81. The van der Waals surface area contributed by atoms with E-state index in [4.69, 9.17) is 4.98 Å². The molecule has 1 aliphatic heterocycles. The number of imidazole rings is 2. The number of pyridine rings is 1. The molecule has 0 amide bonds. The van der Waals surface area contributed by atoms with Crippen LogP contribution >= 0.6 is 0 Å². The van der Waals surface area contributed by atoms with Crippen molar-refractivity contribution in [3.63, 3.8) is 0 Å². The lowest BCUT2D eigenvalue weighted by molar-refractivity contribution is 0.563. The Labute approximate surface area is 202 Å². The Morgan fingerprint density at radius 2 is 1.41 bits per heavy atom. The van der Waals surface area contributed by atoms with Crippen molar-refractivity contribution in [3.05, 3.63) is 49.7 Å². The van der Waals surface area contributed by atoms with Crippen LogP contribution in [-0.4, -0.2) is 83.5 Å². The molecule has 3 aromatic rings. The maximum Gasteiger partial charge on any atom is 0.152 e. The van der Waals surface area contributed by atoms with Gasteiger partial charge in [-0.15, -0.1) is 0 Å². The number of nitrogens with zero attached hydrogens (tertiary/aromatic N) is 7. The molecule has 34 heavy (non-hydrogen) atoms. The first kappa shape index (κ1) is 24.0. The molecule has 0 saturated carbocycles. The van der Waals surface area contributed by atoms with Crippen molar-refractivity contribution in [1.82, 2.24) is 34.7 Å². The predicted molar refractivity (Wildman–Crippen MR) is 138 cm³/mol. The van der Waals surface area contributed by atoms with Crippen molar-refractivity contribution in [2.45, 2.75) is 25.9 Å². The van der Waals surface area contributed by atoms with Crippen molar-refractivity contribution < 1.29 is 0 Å². The van der Waals surface area contributed by atoms with Crippen LogP contribution in [-0.2, 0) is 13.1 Å². The average molecular weight is 467 g/mol. The van der Waals surface area contributed by atoms with Crippen LogP contribution in [0.15, 0.2) is 49.7 Å². The molecule has 0 saturated heterocycles. The Kier molecular flexibility index (Phi) is 9.15. The lowest BCUT2D eigenvalue weighted by Crippen LogP contribution is -2.46. The molecule has 3 aromatic heterocycles. The second-order valence-corrected chi connectivity index (χ2v) is 8.60. The zero-order valence-electron chi connectivity index (χ0n) is 20.2. The number of anilines is 3. The third-order valence-corrected chi connectivity index (χ3v) is 6.19. The molecule has 10 nitrogen and oxygen atoms in total. The van der Waals surface area contributed by atoms with Crippen LogP contribution in [0.2, 0.25) is 0 Å². The molecule has 0 atom stereocenters. The van der Waals surface area contributed by atoms with Crippen molar-refractivity contribution in [2.75, 3.05) is 74.5 Å². The van der Waals surface area contributed by atoms with Gasteiger partial charge in [-0.2, -0.15) is 0 Å². The van der Waals surface area contributed by atoms with Gasteiger partial charge in [-0.3, -0.25) is 0 Å². The van der Waals surface area contributed by atoms with E-state index in [2.05, 4.69) is 50.9 Å². The molecule has 0 aliphatic carbocycles. The molecule has 0 bridgehead atoms. The molecule has 4 rings (SSSR count). The maximum absolute atomic E-state index is 4.81. The fourth-order valence-electron chi connectivity index (χ4n) is 4.27. The van der Waals surface area contributed by atoms with E-state index >= 15 is 0 Å². The first-order chi connectivity index (χ1) is 16.8. The quantitative estimate of drug-likeness (QED) is 0.290. The first-order valence-electron chi connectivity index (χ1n) is 12.3. The van der Waals surface area contributed by atoms with Gasteiger partial charge in [0.25, 0.3) is 0 Å². The second-order valence-electron chi connectivity index (χ2n) is 8.60. The minimum atomic E-state index is 0.956. The highest BCUT2D eigenvalue weighted by Gasteiger charge is 2.23. The highest BCUT2D eigenvalue weighted by Crippen LogP contribution is 2.32. The summed E-state index contributed by atoms with van der Waals surface area (Å²) in [5, 5.41) is 10.4. The normalized spacial score (nSPS) is 13.3. The van der Waals surface area contributed by atoms with Gasteiger partial charge in [-0.25, -0.2) is 15.0 Å². The Morgan fingerprint density at radius 3 is 2.00 bits per heavy atom. The molecule has 0 aromatic carbocycles. The molecule has 4 heterocycles. The van der Waals surface area contributed by atoms with Crippen LogP contribution in [0.3, 0.4) is 0 Å². The highest BCUT2D eigenvalue weighted by molar-refractivity contribution is 5.73. The molecule has 3 N–H and O–H groups in total. The van der Waals surface area contributed by atoms with Gasteiger partial charge in [0.2, 0.25) is 0 Å². The largest absolute Gasteiger partial charge is 0.387 e. The van der Waals surface area contributed by atoms with E-state index < -0.39 is 0 Å². The zero-order chi connectivity index (χ0) is 23.4. The molecule has 0 unspecified atom stereocenters. The third kappa shape index (κ3) is 6.94.